The first-order valence-corrected chi connectivity index (χ1v) is 5.38. The summed E-state index contributed by atoms with van der Waals surface area (Å²) in [5, 5.41) is 10.3. The van der Waals surface area contributed by atoms with E-state index >= 15 is 0 Å². The van der Waals surface area contributed by atoms with Gasteiger partial charge in [-0.1, -0.05) is 34.1 Å². The quantitative estimate of drug-likeness (QED) is 0.803. The van der Waals surface area contributed by atoms with Gasteiger partial charge in [-0.05, 0) is 36.6 Å². The van der Waals surface area contributed by atoms with Gasteiger partial charge in [0.2, 0.25) is 0 Å². The fraction of sp³-hybridized carbons (Fsp3) is 0.273. The van der Waals surface area contributed by atoms with E-state index in [1.807, 2.05) is 19.1 Å². The Hall–Kier alpha value is -0.760. The molecule has 0 unspecified atom stereocenters. The van der Waals surface area contributed by atoms with Crippen LogP contribution < -0.4 is 0 Å². The first-order chi connectivity index (χ1) is 6.24. The number of alkyl halides is 1. The number of allylic oxidation sites excluding steroid dienone is 1. The van der Waals surface area contributed by atoms with Crippen LogP contribution in [0.15, 0.2) is 24.3 Å². The van der Waals surface area contributed by atoms with Crippen LogP contribution in [0.4, 0.5) is 0 Å². The number of phenols is 1. The molecule has 0 heterocycles. The summed E-state index contributed by atoms with van der Waals surface area (Å²) in [6, 6.07) is 5.61. The molecule has 1 rings (SSSR count). The molecule has 70 valence electrons. The molecule has 1 N–H and O–H groups in total. The molecule has 0 aliphatic rings. The van der Waals surface area contributed by atoms with Crippen molar-refractivity contribution < 1.29 is 5.11 Å². The van der Waals surface area contributed by atoms with Gasteiger partial charge in [-0.3, -0.25) is 0 Å². The van der Waals surface area contributed by atoms with Crippen molar-refractivity contribution in [2.45, 2.75) is 13.3 Å². The number of benzene rings is 1. The Balaban J connectivity index is 2.73. The lowest BCUT2D eigenvalue weighted by atomic mass is 10.1. The van der Waals surface area contributed by atoms with Crippen molar-refractivity contribution in [3.63, 3.8) is 0 Å². The zero-order valence-corrected chi connectivity index (χ0v) is 9.21. The highest BCUT2D eigenvalue weighted by Gasteiger charge is 1.94. The lowest BCUT2D eigenvalue weighted by Crippen LogP contribution is -1.77. The first kappa shape index (κ1) is 10.3. The summed E-state index contributed by atoms with van der Waals surface area (Å²) in [6.07, 6.45) is 5.20. The molecule has 0 saturated heterocycles. The van der Waals surface area contributed by atoms with Gasteiger partial charge in [-0.15, -0.1) is 0 Å². The van der Waals surface area contributed by atoms with Crippen molar-refractivity contribution in [3.05, 3.63) is 35.4 Å². The molecule has 0 radical (unpaired) electrons. The summed E-state index contributed by atoms with van der Waals surface area (Å²) in [7, 11) is 0. The lowest BCUT2D eigenvalue weighted by Gasteiger charge is -1.99. The van der Waals surface area contributed by atoms with Crippen LogP contribution in [-0.2, 0) is 0 Å². The van der Waals surface area contributed by atoms with Gasteiger partial charge in [0.05, 0.1) is 0 Å². The first-order valence-electron chi connectivity index (χ1n) is 4.26. The lowest BCUT2D eigenvalue weighted by molar-refractivity contribution is 0.471. The number of hydrogen-bond acceptors (Lipinski definition) is 1. The molecule has 1 nitrogen and oxygen atoms in total. The minimum Gasteiger partial charge on any atom is -0.508 e. The summed E-state index contributed by atoms with van der Waals surface area (Å²) < 4.78 is 0. The van der Waals surface area contributed by atoms with E-state index in [0.717, 1.165) is 22.9 Å². The summed E-state index contributed by atoms with van der Waals surface area (Å²) in [6.45, 7) is 1.90. The Labute approximate surface area is 87.2 Å². The van der Waals surface area contributed by atoms with E-state index < -0.39 is 0 Å². The molecule has 0 aromatic heterocycles. The van der Waals surface area contributed by atoms with Gasteiger partial charge in [0.1, 0.15) is 5.75 Å². The Morgan fingerprint density at radius 1 is 1.46 bits per heavy atom. The molecular weight excluding hydrogens is 228 g/mol. The predicted molar refractivity (Wildman–Crippen MR) is 60.3 cm³/mol. The average molecular weight is 241 g/mol. The molecule has 0 fully saturated rings. The molecule has 0 aliphatic heterocycles. The summed E-state index contributed by atoms with van der Waals surface area (Å²) >= 11 is 3.36. The molecule has 0 aliphatic carbocycles. The Kier molecular flexibility index (Phi) is 4.03. The van der Waals surface area contributed by atoms with Crippen molar-refractivity contribution >= 4 is 22.0 Å². The maximum absolute atomic E-state index is 9.28. The standard InChI is InChI=1S/C11H13BrO/c1-9-8-10(4-2-3-7-12)5-6-11(9)13/h2,4-6,8,13H,3,7H2,1H3. The number of rotatable bonds is 3. The van der Waals surface area contributed by atoms with Crippen molar-refractivity contribution in [1.29, 1.82) is 0 Å². The normalized spacial score (nSPS) is 10.9. The Morgan fingerprint density at radius 3 is 2.85 bits per heavy atom. The van der Waals surface area contributed by atoms with Gasteiger partial charge >= 0.3 is 0 Å². The largest absolute Gasteiger partial charge is 0.508 e. The number of hydrogen-bond donors (Lipinski definition) is 1. The maximum atomic E-state index is 9.28. The van der Waals surface area contributed by atoms with Crippen LogP contribution in [0.2, 0.25) is 0 Å². The van der Waals surface area contributed by atoms with Crippen LogP contribution in [0.1, 0.15) is 17.5 Å². The molecule has 2 heteroatoms. The van der Waals surface area contributed by atoms with Crippen LogP contribution >= 0.6 is 15.9 Å². The van der Waals surface area contributed by atoms with Crippen LogP contribution in [0.3, 0.4) is 0 Å². The fourth-order valence-electron chi connectivity index (χ4n) is 1.06. The Bertz CT molecular complexity index is 305. The highest BCUT2D eigenvalue weighted by molar-refractivity contribution is 9.09. The predicted octanol–water partition coefficient (Wildman–Crippen LogP) is 3.50. The highest BCUT2D eigenvalue weighted by atomic mass is 79.9. The average Bonchev–Trinajstić information content (AvgIpc) is 2.12. The molecule has 0 bridgehead atoms. The van der Waals surface area contributed by atoms with Crippen molar-refractivity contribution in [3.8, 4) is 5.75 Å². The monoisotopic (exact) mass is 240 g/mol. The zero-order chi connectivity index (χ0) is 9.68. The fourth-order valence-corrected chi connectivity index (χ4v) is 1.33. The second-order valence-corrected chi connectivity index (χ2v) is 3.72. The maximum Gasteiger partial charge on any atom is 0.118 e. The Morgan fingerprint density at radius 2 is 2.23 bits per heavy atom. The number of aromatic hydroxyl groups is 1. The summed E-state index contributed by atoms with van der Waals surface area (Å²) in [5.41, 5.74) is 2.05. The van der Waals surface area contributed by atoms with Gasteiger partial charge in [-0.25, -0.2) is 0 Å². The van der Waals surface area contributed by atoms with Gasteiger partial charge in [0, 0.05) is 5.33 Å². The summed E-state index contributed by atoms with van der Waals surface area (Å²) in [5.74, 6) is 0.359. The molecule has 0 atom stereocenters. The third-order valence-corrected chi connectivity index (χ3v) is 2.26. The van der Waals surface area contributed by atoms with E-state index in [9.17, 15) is 5.11 Å². The van der Waals surface area contributed by atoms with Gasteiger partial charge < -0.3 is 5.11 Å². The minimum absolute atomic E-state index is 0.359. The number of aryl methyl sites for hydroxylation is 1. The second kappa shape index (κ2) is 5.07. The molecule has 0 amide bonds. The smallest absolute Gasteiger partial charge is 0.118 e. The van der Waals surface area contributed by atoms with E-state index in [0.29, 0.717) is 5.75 Å². The van der Waals surface area contributed by atoms with Gasteiger partial charge in [-0.2, -0.15) is 0 Å². The molecule has 1 aromatic rings. The zero-order valence-electron chi connectivity index (χ0n) is 7.63. The van der Waals surface area contributed by atoms with Crippen molar-refractivity contribution in [2.75, 3.05) is 5.33 Å². The van der Waals surface area contributed by atoms with E-state index in [-0.39, 0.29) is 0 Å². The topological polar surface area (TPSA) is 20.2 Å². The third kappa shape index (κ3) is 3.23. The van der Waals surface area contributed by atoms with Gasteiger partial charge in [0.25, 0.3) is 0 Å². The van der Waals surface area contributed by atoms with Crippen LogP contribution in [0.25, 0.3) is 6.08 Å². The molecule has 0 spiro atoms. The van der Waals surface area contributed by atoms with E-state index in [1.165, 1.54) is 0 Å². The molecular formula is C11H13BrO. The molecule has 1 aromatic carbocycles. The summed E-state index contributed by atoms with van der Waals surface area (Å²) in [4.78, 5) is 0. The van der Waals surface area contributed by atoms with E-state index in [1.54, 1.807) is 6.07 Å². The van der Waals surface area contributed by atoms with Crippen LogP contribution in [-0.4, -0.2) is 10.4 Å². The number of phenolic OH excluding ortho intramolecular Hbond substituents is 1. The minimum atomic E-state index is 0.359. The third-order valence-electron chi connectivity index (χ3n) is 1.81. The second-order valence-electron chi connectivity index (χ2n) is 2.93. The van der Waals surface area contributed by atoms with Crippen molar-refractivity contribution in [1.82, 2.24) is 0 Å². The highest BCUT2D eigenvalue weighted by Crippen LogP contribution is 2.17. The van der Waals surface area contributed by atoms with Gasteiger partial charge in [0.15, 0.2) is 0 Å². The van der Waals surface area contributed by atoms with E-state index in [2.05, 4.69) is 28.1 Å². The molecule has 13 heavy (non-hydrogen) atoms. The number of halogens is 1. The van der Waals surface area contributed by atoms with Crippen LogP contribution in [0, 0.1) is 6.92 Å². The molecule has 0 saturated carbocycles. The van der Waals surface area contributed by atoms with E-state index in [4.69, 9.17) is 0 Å². The van der Waals surface area contributed by atoms with Crippen molar-refractivity contribution in [2.24, 2.45) is 0 Å². The SMILES string of the molecule is Cc1cc(C=CCCBr)ccc1O. The van der Waals surface area contributed by atoms with Crippen LogP contribution in [0.5, 0.6) is 5.75 Å².